The standard InChI is InChI=1S/C10H9F3N4O3/c11-10(12,13)6-1-2-17(15-6)5-9(20)16-3-7(18)14-8(19)4-16/h1-2H,3-5H2,(H,14,18,19). The Labute approximate surface area is 110 Å². The van der Waals surface area contributed by atoms with Gasteiger partial charge >= 0.3 is 6.18 Å². The maximum atomic E-state index is 12.3. The Kier molecular flexibility index (Phi) is 3.47. The van der Waals surface area contributed by atoms with Crippen LogP contribution in [-0.4, -0.2) is 45.5 Å². The first-order valence-corrected chi connectivity index (χ1v) is 5.47. The highest BCUT2D eigenvalue weighted by Gasteiger charge is 2.34. The van der Waals surface area contributed by atoms with Gasteiger partial charge in [-0.1, -0.05) is 0 Å². The van der Waals surface area contributed by atoms with Crippen molar-refractivity contribution in [2.45, 2.75) is 12.7 Å². The van der Waals surface area contributed by atoms with Gasteiger partial charge in [-0.05, 0) is 6.07 Å². The van der Waals surface area contributed by atoms with Crippen molar-refractivity contribution in [1.82, 2.24) is 20.0 Å². The number of hydrogen-bond acceptors (Lipinski definition) is 4. The predicted molar refractivity (Wildman–Crippen MR) is 57.0 cm³/mol. The Balaban J connectivity index is 2.03. The molecule has 1 aromatic heterocycles. The number of imide groups is 1. The lowest BCUT2D eigenvalue weighted by atomic mass is 10.3. The molecule has 1 saturated heterocycles. The molecule has 7 nitrogen and oxygen atoms in total. The molecule has 1 aromatic rings. The van der Waals surface area contributed by atoms with E-state index in [0.717, 1.165) is 21.8 Å². The molecule has 0 unspecified atom stereocenters. The third-order valence-electron chi connectivity index (χ3n) is 2.53. The zero-order valence-electron chi connectivity index (χ0n) is 9.98. The lowest BCUT2D eigenvalue weighted by Crippen LogP contribution is -2.54. The Hall–Kier alpha value is -2.39. The Morgan fingerprint density at radius 3 is 2.40 bits per heavy atom. The van der Waals surface area contributed by atoms with E-state index in [1.807, 2.05) is 5.32 Å². The van der Waals surface area contributed by atoms with E-state index < -0.39 is 36.1 Å². The van der Waals surface area contributed by atoms with E-state index in [1.54, 1.807) is 0 Å². The highest BCUT2D eigenvalue weighted by atomic mass is 19.4. The van der Waals surface area contributed by atoms with Gasteiger partial charge in [0.15, 0.2) is 5.69 Å². The molecule has 0 aromatic carbocycles. The monoisotopic (exact) mass is 290 g/mol. The lowest BCUT2D eigenvalue weighted by molar-refractivity contribution is -0.146. The number of nitrogens with one attached hydrogen (secondary N) is 1. The van der Waals surface area contributed by atoms with Crippen molar-refractivity contribution in [1.29, 1.82) is 0 Å². The Morgan fingerprint density at radius 2 is 1.90 bits per heavy atom. The average Bonchev–Trinajstić information content (AvgIpc) is 2.75. The molecule has 2 rings (SSSR count). The van der Waals surface area contributed by atoms with Crippen LogP contribution in [0.4, 0.5) is 13.2 Å². The summed E-state index contributed by atoms with van der Waals surface area (Å²) >= 11 is 0. The van der Waals surface area contributed by atoms with E-state index in [2.05, 4.69) is 5.10 Å². The number of rotatable bonds is 2. The van der Waals surface area contributed by atoms with Gasteiger partial charge in [0.2, 0.25) is 17.7 Å². The van der Waals surface area contributed by atoms with Gasteiger partial charge in [-0.2, -0.15) is 18.3 Å². The Bertz CT molecular complexity index is 550. The van der Waals surface area contributed by atoms with Crippen LogP contribution in [0, 0.1) is 0 Å². The minimum Gasteiger partial charge on any atom is -0.322 e. The van der Waals surface area contributed by atoms with Crippen LogP contribution in [-0.2, 0) is 27.1 Å². The van der Waals surface area contributed by atoms with E-state index >= 15 is 0 Å². The quantitative estimate of drug-likeness (QED) is 0.736. The summed E-state index contributed by atoms with van der Waals surface area (Å²) in [4.78, 5) is 34.9. The lowest BCUT2D eigenvalue weighted by Gasteiger charge is -2.25. The van der Waals surface area contributed by atoms with Gasteiger partial charge in [-0.15, -0.1) is 0 Å². The molecule has 1 aliphatic heterocycles. The molecule has 20 heavy (non-hydrogen) atoms. The summed E-state index contributed by atoms with van der Waals surface area (Å²) in [6, 6.07) is 0.737. The fourth-order valence-corrected chi connectivity index (χ4v) is 1.65. The van der Waals surface area contributed by atoms with Crippen LogP contribution in [0.5, 0.6) is 0 Å². The Morgan fingerprint density at radius 1 is 1.30 bits per heavy atom. The molecule has 0 bridgehead atoms. The van der Waals surface area contributed by atoms with Gasteiger partial charge in [-0.3, -0.25) is 24.4 Å². The van der Waals surface area contributed by atoms with Gasteiger partial charge in [0, 0.05) is 6.20 Å². The topological polar surface area (TPSA) is 84.3 Å². The highest BCUT2D eigenvalue weighted by Crippen LogP contribution is 2.27. The molecule has 0 saturated carbocycles. The SMILES string of the molecule is O=C1CN(C(=O)Cn2ccc(C(F)(F)F)n2)CC(=O)N1. The minimum atomic E-state index is -4.59. The fourth-order valence-electron chi connectivity index (χ4n) is 1.65. The number of hydrogen-bond donors (Lipinski definition) is 1. The van der Waals surface area contributed by atoms with Crippen LogP contribution in [0.15, 0.2) is 12.3 Å². The van der Waals surface area contributed by atoms with Crippen molar-refractivity contribution >= 4 is 17.7 Å². The number of nitrogens with zero attached hydrogens (tertiary/aromatic N) is 3. The smallest absolute Gasteiger partial charge is 0.322 e. The van der Waals surface area contributed by atoms with Crippen LogP contribution < -0.4 is 5.32 Å². The summed E-state index contributed by atoms with van der Waals surface area (Å²) in [5.41, 5.74) is -1.11. The normalized spacial score (nSPS) is 16.2. The molecule has 1 N–H and O–H groups in total. The summed E-state index contributed by atoms with van der Waals surface area (Å²) < 4.78 is 37.8. The van der Waals surface area contributed by atoms with E-state index in [4.69, 9.17) is 0 Å². The van der Waals surface area contributed by atoms with Crippen LogP contribution in [0.2, 0.25) is 0 Å². The van der Waals surface area contributed by atoms with Crippen molar-refractivity contribution in [2.24, 2.45) is 0 Å². The number of alkyl halides is 3. The largest absolute Gasteiger partial charge is 0.435 e. The molecule has 0 atom stereocenters. The second-order valence-corrected chi connectivity index (χ2v) is 4.12. The van der Waals surface area contributed by atoms with Crippen molar-refractivity contribution in [3.63, 3.8) is 0 Å². The number of aromatic nitrogens is 2. The number of carbonyl (C=O) groups is 3. The molecule has 1 aliphatic rings. The molecular weight excluding hydrogens is 281 g/mol. The van der Waals surface area contributed by atoms with Gasteiger partial charge < -0.3 is 4.90 Å². The minimum absolute atomic E-state index is 0.308. The molecule has 10 heteroatoms. The fraction of sp³-hybridized carbons (Fsp3) is 0.400. The van der Waals surface area contributed by atoms with Crippen molar-refractivity contribution in [3.8, 4) is 0 Å². The second kappa shape index (κ2) is 4.94. The molecular formula is C10H9F3N4O3. The third-order valence-corrected chi connectivity index (χ3v) is 2.53. The molecule has 1 fully saturated rings. The molecule has 3 amide bonds. The van der Waals surface area contributed by atoms with Crippen molar-refractivity contribution in [3.05, 3.63) is 18.0 Å². The number of carbonyl (C=O) groups excluding carboxylic acids is 3. The van der Waals surface area contributed by atoms with E-state index in [0.29, 0.717) is 0 Å². The molecule has 0 spiro atoms. The van der Waals surface area contributed by atoms with Crippen molar-refractivity contribution in [2.75, 3.05) is 13.1 Å². The summed E-state index contributed by atoms with van der Waals surface area (Å²) in [6.07, 6.45) is -3.58. The van der Waals surface area contributed by atoms with Gasteiger partial charge in [0.1, 0.15) is 19.6 Å². The highest BCUT2D eigenvalue weighted by molar-refractivity contribution is 6.02. The van der Waals surface area contributed by atoms with Crippen LogP contribution >= 0.6 is 0 Å². The molecule has 0 aliphatic carbocycles. The number of amides is 3. The first-order valence-electron chi connectivity index (χ1n) is 5.47. The first kappa shape index (κ1) is 14.0. The second-order valence-electron chi connectivity index (χ2n) is 4.12. The number of halogens is 3. The van der Waals surface area contributed by atoms with Gasteiger partial charge in [-0.25, -0.2) is 0 Å². The van der Waals surface area contributed by atoms with Gasteiger partial charge in [0.25, 0.3) is 0 Å². The predicted octanol–water partition coefficient (Wildman–Crippen LogP) is -0.613. The molecule has 108 valence electrons. The summed E-state index contributed by atoms with van der Waals surface area (Å²) in [5, 5.41) is 5.22. The van der Waals surface area contributed by atoms with E-state index in [-0.39, 0.29) is 13.1 Å². The van der Waals surface area contributed by atoms with Crippen molar-refractivity contribution < 1.29 is 27.6 Å². The molecule has 2 heterocycles. The van der Waals surface area contributed by atoms with Crippen LogP contribution in [0.3, 0.4) is 0 Å². The zero-order chi connectivity index (χ0) is 14.9. The van der Waals surface area contributed by atoms with Gasteiger partial charge in [0.05, 0.1) is 0 Å². The summed E-state index contributed by atoms with van der Waals surface area (Å²) in [5.74, 6) is -1.93. The summed E-state index contributed by atoms with van der Waals surface area (Å²) in [6.45, 7) is -1.09. The third kappa shape index (κ3) is 3.13. The molecule has 0 radical (unpaired) electrons. The number of piperazine rings is 1. The van der Waals surface area contributed by atoms with E-state index in [9.17, 15) is 27.6 Å². The summed E-state index contributed by atoms with van der Waals surface area (Å²) in [7, 11) is 0. The van der Waals surface area contributed by atoms with Crippen LogP contribution in [0.1, 0.15) is 5.69 Å². The van der Waals surface area contributed by atoms with E-state index in [1.165, 1.54) is 0 Å². The first-order chi connectivity index (χ1) is 9.25. The maximum Gasteiger partial charge on any atom is 0.435 e. The van der Waals surface area contributed by atoms with Crippen LogP contribution in [0.25, 0.3) is 0 Å². The average molecular weight is 290 g/mol. The maximum absolute atomic E-state index is 12.3. The zero-order valence-corrected chi connectivity index (χ0v) is 9.98.